The van der Waals surface area contributed by atoms with E-state index < -0.39 is 0 Å². The highest BCUT2D eigenvalue weighted by Gasteiger charge is 2.02. The van der Waals surface area contributed by atoms with E-state index >= 15 is 0 Å². The van der Waals surface area contributed by atoms with Gasteiger partial charge in [-0.25, -0.2) is 0 Å². The zero-order valence-corrected chi connectivity index (χ0v) is 7.17. The van der Waals surface area contributed by atoms with E-state index in [1.807, 2.05) is 12.1 Å². The molecule has 1 atom stereocenters. The first-order chi connectivity index (χ1) is 5.77. The van der Waals surface area contributed by atoms with Crippen LogP contribution in [0.25, 0.3) is 10.9 Å². The van der Waals surface area contributed by atoms with Crippen LogP contribution in [-0.2, 0) is 0 Å². The first-order valence-corrected chi connectivity index (χ1v) is 4.18. The van der Waals surface area contributed by atoms with E-state index in [1.54, 1.807) is 0 Å². The lowest BCUT2D eigenvalue weighted by Gasteiger charge is -1.97. The number of aromatic nitrogens is 1. The minimum absolute atomic E-state index is 0.331. The highest BCUT2D eigenvalue weighted by atomic mass is 14.7. The molecule has 1 unspecified atom stereocenters. The van der Waals surface area contributed by atoms with Crippen molar-refractivity contribution in [3.63, 3.8) is 0 Å². The third kappa shape index (κ3) is 1.11. The molecule has 0 saturated heterocycles. The molecule has 2 rings (SSSR count). The second-order valence-corrected chi connectivity index (χ2v) is 3.21. The molecule has 1 N–H and O–H groups in total. The van der Waals surface area contributed by atoms with Crippen LogP contribution in [0.2, 0.25) is 0 Å². The lowest BCUT2D eigenvalue weighted by Crippen LogP contribution is -1.84. The molecule has 0 spiro atoms. The van der Waals surface area contributed by atoms with Crippen molar-refractivity contribution in [2.45, 2.75) is 12.8 Å². The van der Waals surface area contributed by atoms with Crippen LogP contribution in [0.1, 0.15) is 18.5 Å². The van der Waals surface area contributed by atoms with Crippen molar-refractivity contribution in [1.29, 1.82) is 0 Å². The number of para-hydroxylation sites is 1. The van der Waals surface area contributed by atoms with Gasteiger partial charge in [-0.3, -0.25) is 0 Å². The summed E-state index contributed by atoms with van der Waals surface area (Å²) in [7, 11) is 0. The van der Waals surface area contributed by atoms with Gasteiger partial charge in [-0.15, -0.1) is 0 Å². The number of rotatable bonds is 1. The van der Waals surface area contributed by atoms with Crippen LogP contribution < -0.4 is 0 Å². The van der Waals surface area contributed by atoms with Gasteiger partial charge in [0, 0.05) is 11.2 Å². The van der Waals surface area contributed by atoms with Gasteiger partial charge in [0.05, 0.1) is 0 Å². The molecule has 12 heavy (non-hydrogen) atoms. The lowest BCUT2D eigenvalue weighted by molar-refractivity contribution is 0.924. The van der Waals surface area contributed by atoms with E-state index in [0.717, 1.165) is 0 Å². The predicted molar refractivity (Wildman–Crippen MR) is 52.1 cm³/mol. The van der Waals surface area contributed by atoms with E-state index in [-0.39, 0.29) is 0 Å². The van der Waals surface area contributed by atoms with Crippen LogP contribution in [0.3, 0.4) is 0 Å². The van der Waals surface area contributed by atoms with E-state index in [0.29, 0.717) is 5.92 Å². The fourth-order valence-electron chi connectivity index (χ4n) is 1.36. The molecular weight excluding hydrogens is 146 g/mol. The van der Waals surface area contributed by atoms with Gasteiger partial charge in [-0.05, 0) is 30.4 Å². The molecule has 0 saturated carbocycles. The van der Waals surface area contributed by atoms with Gasteiger partial charge >= 0.3 is 0 Å². The zero-order valence-electron chi connectivity index (χ0n) is 7.17. The van der Waals surface area contributed by atoms with Gasteiger partial charge in [0.2, 0.25) is 0 Å². The minimum Gasteiger partial charge on any atom is -0.358 e. The quantitative estimate of drug-likeness (QED) is 0.656. The molecule has 1 aromatic heterocycles. The molecule has 0 amide bonds. The molecule has 1 heteroatoms. The van der Waals surface area contributed by atoms with E-state index in [1.165, 1.54) is 16.6 Å². The Morgan fingerprint density at radius 3 is 2.75 bits per heavy atom. The van der Waals surface area contributed by atoms with Gasteiger partial charge in [-0.1, -0.05) is 25.1 Å². The summed E-state index contributed by atoms with van der Waals surface area (Å²) in [6, 6.07) is 10.4. The van der Waals surface area contributed by atoms with Crippen LogP contribution in [0.5, 0.6) is 0 Å². The molecule has 1 nitrogen and oxygen atoms in total. The molecule has 0 aliphatic rings. The standard InChI is InChI=1S/C11H12N/c1-8(2)11-7-9-5-3-4-6-10(9)12-11/h3-8,12H,1H2,2H3. The Labute approximate surface area is 72.4 Å². The summed E-state index contributed by atoms with van der Waals surface area (Å²) >= 11 is 0. The predicted octanol–water partition coefficient (Wildman–Crippen LogP) is 3.11. The largest absolute Gasteiger partial charge is 0.358 e. The number of H-pyrrole nitrogens is 1. The number of aromatic amines is 1. The first kappa shape index (κ1) is 7.41. The SMILES string of the molecule is [CH2]C(C)c1cc2ccccc2[nH]1. The van der Waals surface area contributed by atoms with Crippen LogP contribution in [0, 0.1) is 6.92 Å². The topological polar surface area (TPSA) is 15.8 Å². The Balaban J connectivity index is 2.62. The summed E-state index contributed by atoms with van der Waals surface area (Å²) in [5, 5.41) is 1.27. The molecule has 2 aromatic rings. The van der Waals surface area contributed by atoms with Gasteiger partial charge in [-0.2, -0.15) is 0 Å². The van der Waals surface area contributed by atoms with E-state index in [2.05, 4.69) is 37.0 Å². The zero-order chi connectivity index (χ0) is 8.55. The number of benzene rings is 1. The number of hydrogen-bond donors (Lipinski definition) is 1. The van der Waals surface area contributed by atoms with E-state index in [9.17, 15) is 0 Å². The van der Waals surface area contributed by atoms with Crippen molar-refractivity contribution in [2.24, 2.45) is 0 Å². The summed E-state index contributed by atoms with van der Waals surface area (Å²) in [5.41, 5.74) is 2.40. The molecule has 61 valence electrons. The molecule has 1 radical (unpaired) electrons. The molecule has 0 fully saturated rings. The maximum Gasteiger partial charge on any atom is 0.0456 e. The Hall–Kier alpha value is -1.24. The Morgan fingerprint density at radius 2 is 2.08 bits per heavy atom. The smallest absolute Gasteiger partial charge is 0.0456 e. The molecule has 1 heterocycles. The van der Waals surface area contributed by atoms with Crippen molar-refractivity contribution in [2.75, 3.05) is 0 Å². The summed E-state index contributed by atoms with van der Waals surface area (Å²) < 4.78 is 0. The number of nitrogens with one attached hydrogen (secondary N) is 1. The second-order valence-electron chi connectivity index (χ2n) is 3.21. The van der Waals surface area contributed by atoms with Crippen LogP contribution >= 0.6 is 0 Å². The average Bonchev–Trinajstić information content (AvgIpc) is 2.46. The van der Waals surface area contributed by atoms with Gasteiger partial charge in [0.25, 0.3) is 0 Å². The highest BCUT2D eigenvalue weighted by Crippen LogP contribution is 2.19. The molecule has 0 bridgehead atoms. The maximum atomic E-state index is 3.97. The Bertz CT molecular complexity index is 352. The second kappa shape index (κ2) is 2.67. The summed E-state index contributed by atoms with van der Waals surface area (Å²) in [5.74, 6) is 0.331. The molecule has 0 aliphatic heterocycles. The van der Waals surface area contributed by atoms with E-state index in [4.69, 9.17) is 0 Å². The fourth-order valence-corrected chi connectivity index (χ4v) is 1.36. The number of hydrogen-bond acceptors (Lipinski definition) is 0. The monoisotopic (exact) mass is 158 g/mol. The molecular formula is C11H12N. The summed E-state index contributed by atoms with van der Waals surface area (Å²) in [6.45, 7) is 6.06. The van der Waals surface area contributed by atoms with Gasteiger partial charge in [0.1, 0.15) is 0 Å². The summed E-state index contributed by atoms with van der Waals surface area (Å²) in [6.07, 6.45) is 0. The normalized spacial score (nSPS) is 11.2. The molecule has 1 aromatic carbocycles. The third-order valence-corrected chi connectivity index (χ3v) is 2.08. The van der Waals surface area contributed by atoms with Crippen LogP contribution in [0.15, 0.2) is 30.3 Å². The van der Waals surface area contributed by atoms with Crippen molar-refractivity contribution >= 4 is 10.9 Å². The first-order valence-electron chi connectivity index (χ1n) is 4.18. The van der Waals surface area contributed by atoms with Crippen molar-refractivity contribution in [3.05, 3.63) is 42.9 Å². The summed E-state index contributed by atoms with van der Waals surface area (Å²) in [4.78, 5) is 3.33. The maximum absolute atomic E-state index is 3.97. The lowest BCUT2D eigenvalue weighted by atomic mass is 10.1. The van der Waals surface area contributed by atoms with Gasteiger partial charge in [0.15, 0.2) is 0 Å². The van der Waals surface area contributed by atoms with Gasteiger partial charge < -0.3 is 4.98 Å². The highest BCUT2D eigenvalue weighted by molar-refractivity contribution is 5.80. The Morgan fingerprint density at radius 1 is 1.33 bits per heavy atom. The fraction of sp³-hybridized carbons (Fsp3) is 0.182. The van der Waals surface area contributed by atoms with Crippen LogP contribution in [-0.4, -0.2) is 4.98 Å². The minimum atomic E-state index is 0.331. The van der Waals surface area contributed by atoms with Crippen molar-refractivity contribution in [1.82, 2.24) is 4.98 Å². The number of fused-ring (bicyclic) bond motifs is 1. The third-order valence-electron chi connectivity index (χ3n) is 2.08. The van der Waals surface area contributed by atoms with Crippen LogP contribution in [0.4, 0.5) is 0 Å². The van der Waals surface area contributed by atoms with Crippen molar-refractivity contribution < 1.29 is 0 Å². The molecule has 0 aliphatic carbocycles. The van der Waals surface area contributed by atoms with Crippen molar-refractivity contribution in [3.8, 4) is 0 Å². The Kier molecular flexibility index (Phi) is 1.65. The average molecular weight is 158 g/mol.